The normalized spacial score (nSPS) is 10.0. The van der Waals surface area contributed by atoms with E-state index in [4.69, 9.17) is 4.42 Å². The van der Waals surface area contributed by atoms with Crippen molar-refractivity contribution < 1.29 is 32.9 Å². The van der Waals surface area contributed by atoms with Crippen LogP contribution in [0.3, 0.4) is 0 Å². The van der Waals surface area contributed by atoms with Gasteiger partial charge in [0.05, 0.1) is 16.9 Å². The van der Waals surface area contributed by atoms with Crippen LogP contribution in [0.5, 0.6) is 0 Å². The maximum absolute atomic E-state index is 13.5. The number of nitro groups is 1. The molecule has 0 atom stereocenters. The number of ether oxygens (including phenoxy) is 1. The second-order valence-corrected chi connectivity index (χ2v) is 4.79. The number of benzene rings is 1. The van der Waals surface area contributed by atoms with E-state index < -0.39 is 53.1 Å². The van der Waals surface area contributed by atoms with Gasteiger partial charge in [0.15, 0.2) is 12.4 Å². The quantitative estimate of drug-likeness (QED) is 0.427. The first kappa shape index (κ1) is 18.6. The van der Waals surface area contributed by atoms with Gasteiger partial charge in [0, 0.05) is 12.1 Å². The first-order chi connectivity index (χ1) is 12.4. The number of carbonyl (C=O) groups is 3. The highest BCUT2D eigenvalue weighted by Gasteiger charge is 2.15. The van der Waals surface area contributed by atoms with E-state index in [0.29, 0.717) is 0 Å². The van der Waals surface area contributed by atoms with Gasteiger partial charge in [-0.3, -0.25) is 24.5 Å². The molecular weight excluding hydrogens is 353 g/mol. The SMILES string of the molecule is O=C(COC(=O)CNC(=O)c1ccco1)Nc1cc([N+](=O)[O-])ccc1F. The van der Waals surface area contributed by atoms with Crippen LogP contribution >= 0.6 is 0 Å². The second kappa shape index (κ2) is 8.37. The zero-order chi connectivity index (χ0) is 19.1. The molecule has 26 heavy (non-hydrogen) atoms. The second-order valence-electron chi connectivity index (χ2n) is 4.79. The summed E-state index contributed by atoms with van der Waals surface area (Å²) in [6.45, 7) is -1.28. The summed E-state index contributed by atoms with van der Waals surface area (Å²) in [5.74, 6) is -3.36. The van der Waals surface area contributed by atoms with Crippen LogP contribution in [0.25, 0.3) is 0 Å². The number of hydrogen-bond donors (Lipinski definition) is 2. The fourth-order valence-electron chi connectivity index (χ4n) is 1.75. The Morgan fingerprint density at radius 2 is 2.04 bits per heavy atom. The van der Waals surface area contributed by atoms with Gasteiger partial charge < -0.3 is 19.8 Å². The maximum atomic E-state index is 13.5. The molecule has 11 heteroatoms. The molecule has 0 unspecified atom stereocenters. The van der Waals surface area contributed by atoms with Crippen LogP contribution in [-0.4, -0.2) is 35.9 Å². The molecule has 0 saturated heterocycles. The molecule has 0 aliphatic rings. The number of nitrogens with zero attached hydrogens (tertiary/aromatic N) is 1. The van der Waals surface area contributed by atoms with E-state index in [0.717, 1.165) is 18.2 Å². The minimum absolute atomic E-state index is 0.00306. The van der Waals surface area contributed by atoms with Crippen molar-refractivity contribution in [2.45, 2.75) is 0 Å². The Morgan fingerprint density at radius 1 is 1.27 bits per heavy atom. The van der Waals surface area contributed by atoms with Crippen molar-refractivity contribution in [1.29, 1.82) is 0 Å². The molecule has 2 amide bonds. The lowest BCUT2D eigenvalue weighted by Gasteiger charge is -2.08. The number of amides is 2. The Hall–Kier alpha value is -3.76. The molecule has 2 aromatic rings. The van der Waals surface area contributed by atoms with Crippen LogP contribution in [0.1, 0.15) is 10.6 Å². The number of furan rings is 1. The van der Waals surface area contributed by atoms with E-state index in [1.54, 1.807) is 0 Å². The average Bonchev–Trinajstić information content (AvgIpc) is 3.14. The van der Waals surface area contributed by atoms with Gasteiger partial charge in [-0.25, -0.2) is 4.39 Å². The van der Waals surface area contributed by atoms with Crippen molar-refractivity contribution in [3.8, 4) is 0 Å². The first-order valence-electron chi connectivity index (χ1n) is 7.08. The number of nitro benzene ring substituents is 1. The van der Waals surface area contributed by atoms with Crippen LogP contribution in [0.2, 0.25) is 0 Å². The molecule has 1 aromatic carbocycles. The van der Waals surface area contributed by atoms with Gasteiger partial charge in [-0.15, -0.1) is 0 Å². The number of halogens is 1. The Morgan fingerprint density at radius 3 is 2.69 bits per heavy atom. The monoisotopic (exact) mass is 365 g/mol. The molecule has 0 aliphatic carbocycles. The lowest BCUT2D eigenvalue weighted by molar-refractivity contribution is -0.384. The fourth-order valence-corrected chi connectivity index (χ4v) is 1.75. The average molecular weight is 365 g/mol. The van der Waals surface area contributed by atoms with Gasteiger partial charge in [-0.05, 0) is 18.2 Å². The van der Waals surface area contributed by atoms with Gasteiger partial charge >= 0.3 is 5.97 Å². The minimum atomic E-state index is -0.917. The highest BCUT2D eigenvalue weighted by molar-refractivity contribution is 5.95. The number of non-ortho nitro benzene ring substituents is 1. The molecule has 136 valence electrons. The minimum Gasteiger partial charge on any atom is -0.459 e. The third-order valence-electron chi connectivity index (χ3n) is 2.94. The van der Waals surface area contributed by atoms with E-state index >= 15 is 0 Å². The fraction of sp³-hybridized carbons (Fsp3) is 0.133. The number of nitrogens with one attached hydrogen (secondary N) is 2. The molecule has 0 spiro atoms. The van der Waals surface area contributed by atoms with Gasteiger partial charge in [-0.2, -0.15) is 0 Å². The van der Waals surface area contributed by atoms with Gasteiger partial charge in [0.25, 0.3) is 17.5 Å². The summed E-state index contributed by atoms with van der Waals surface area (Å²) in [5, 5.41) is 14.9. The lowest BCUT2D eigenvalue weighted by Crippen LogP contribution is -2.32. The van der Waals surface area contributed by atoms with Crippen molar-refractivity contribution in [2.75, 3.05) is 18.5 Å². The predicted molar refractivity (Wildman–Crippen MR) is 83.7 cm³/mol. The highest BCUT2D eigenvalue weighted by atomic mass is 19.1. The van der Waals surface area contributed by atoms with Gasteiger partial charge in [0.2, 0.25) is 0 Å². The van der Waals surface area contributed by atoms with E-state index in [1.165, 1.54) is 18.4 Å². The zero-order valence-corrected chi connectivity index (χ0v) is 13.1. The molecule has 10 nitrogen and oxygen atoms in total. The summed E-state index contributed by atoms with van der Waals surface area (Å²) >= 11 is 0. The standard InChI is InChI=1S/C15H12FN3O7/c16-10-4-3-9(19(23)24)6-11(10)18-13(20)8-26-14(21)7-17-15(22)12-2-1-5-25-12/h1-6H,7-8H2,(H,17,22)(H,18,20). The largest absolute Gasteiger partial charge is 0.459 e. The lowest BCUT2D eigenvalue weighted by atomic mass is 10.2. The summed E-state index contributed by atoms with van der Waals surface area (Å²) in [6.07, 6.45) is 1.28. The van der Waals surface area contributed by atoms with Crippen molar-refractivity contribution in [3.05, 3.63) is 58.3 Å². The van der Waals surface area contributed by atoms with Gasteiger partial charge in [-0.1, -0.05) is 0 Å². The first-order valence-corrected chi connectivity index (χ1v) is 7.08. The summed E-state index contributed by atoms with van der Waals surface area (Å²) in [6, 6.07) is 5.47. The molecule has 0 radical (unpaired) electrons. The molecule has 2 N–H and O–H groups in total. The Labute approximate surface area is 145 Å². The number of carbonyl (C=O) groups excluding carboxylic acids is 3. The van der Waals surface area contributed by atoms with Crippen molar-refractivity contribution in [1.82, 2.24) is 5.32 Å². The third kappa shape index (κ3) is 5.12. The number of anilines is 1. The molecule has 1 heterocycles. The molecule has 1 aromatic heterocycles. The van der Waals surface area contributed by atoms with E-state index in [1.807, 2.05) is 0 Å². The smallest absolute Gasteiger partial charge is 0.325 e. The molecule has 2 rings (SSSR count). The van der Waals surface area contributed by atoms with Crippen LogP contribution in [0.15, 0.2) is 41.0 Å². The summed E-state index contributed by atoms with van der Waals surface area (Å²) in [7, 11) is 0. The van der Waals surface area contributed by atoms with Crippen molar-refractivity contribution >= 4 is 29.2 Å². The summed E-state index contributed by atoms with van der Waals surface area (Å²) in [5.41, 5.74) is -0.842. The predicted octanol–water partition coefficient (Wildman–Crippen LogP) is 1.24. The van der Waals surface area contributed by atoms with Crippen molar-refractivity contribution in [2.24, 2.45) is 0 Å². The number of hydrogen-bond acceptors (Lipinski definition) is 7. The van der Waals surface area contributed by atoms with Crippen LogP contribution in [0, 0.1) is 15.9 Å². The van der Waals surface area contributed by atoms with Crippen LogP contribution in [0.4, 0.5) is 15.8 Å². The molecule has 0 bridgehead atoms. The van der Waals surface area contributed by atoms with Crippen LogP contribution < -0.4 is 10.6 Å². The van der Waals surface area contributed by atoms with E-state index in [-0.39, 0.29) is 5.76 Å². The summed E-state index contributed by atoms with van der Waals surface area (Å²) < 4.78 is 23.0. The maximum Gasteiger partial charge on any atom is 0.325 e. The Bertz CT molecular complexity index is 836. The number of rotatable bonds is 7. The van der Waals surface area contributed by atoms with E-state index in [9.17, 15) is 28.9 Å². The molecule has 0 fully saturated rings. The van der Waals surface area contributed by atoms with E-state index in [2.05, 4.69) is 15.4 Å². The van der Waals surface area contributed by atoms with Crippen molar-refractivity contribution in [3.63, 3.8) is 0 Å². The number of esters is 1. The Kier molecular flexibility index (Phi) is 5.98. The zero-order valence-electron chi connectivity index (χ0n) is 13.1. The van der Waals surface area contributed by atoms with Gasteiger partial charge in [0.1, 0.15) is 12.4 Å². The third-order valence-corrected chi connectivity index (χ3v) is 2.94. The molecule has 0 aliphatic heterocycles. The summed E-state index contributed by atoms with van der Waals surface area (Å²) in [4.78, 5) is 44.5. The topological polar surface area (TPSA) is 141 Å². The molecule has 0 saturated carbocycles. The molecular formula is C15H12FN3O7. The van der Waals surface area contributed by atoms with Crippen LogP contribution in [-0.2, 0) is 14.3 Å². The Balaban J connectivity index is 1.79. The highest BCUT2D eigenvalue weighted by Crippen LogP contribution is 2.21.